The number of carbonyl (C=O) groups excluding carboxylic acids is 1. The number of fused-ring (bicyclic) bond motifs is 1. The number of sulfonamides is 1. The molecular formula is C33H32N6O4S. The Labute approximate surface area is 256 Å². The minimum absolute atomic E-state index is 0.0259. The molecule has 3 N–H and O–H groups in total. The number of amides is 1. The van der Waals surface area contributed by atoms with Gasteiger partial charge < -0.3 is 19.9 Å². The van der Waals surface area contributed by atoms with Crippen molar-refractivity contribution in [2.45, 2.75) is 11.8 Å². The predicted molar refractivity (Wildman–Crippen MR) is 172 cm³/mol. The molecule has 5 aromatic rings. The van der Waals surface area contributed by atoms with Gasteiger partial charge in [-0.2, -0.15) is 0 Å². The number of nitrogens with one attached hydrogen (secondary N) is 1. The second-order valence-corrected chi connectivity index (χ2v) is 12.1. The molecule has 0 saturated carbocycles. The number of benzene rings is 4. The van der Waals surface area contributed by atoms with Gasteiger partial charge in [-0.3, -0.25) is 4.79 Å². The summed E-state index contributed by atoms with van der Waals surface area (Å²) in [6.07, 6.45) is 0. The summed E-state index contributed by atoms with van der Waals surface area (Å²) in [6.45, 7) is 4.56. The lowest BCUT2D eigenvalue weighted by Crippen LogP contribution is -2.50. The van der Waals surface area contributed by atoms with Gasteiger partial charge in [0.1, 0.15) is 11.4 Å². The van der Waals surface area contributed by atoms with Gasteiger partial charge in [0.05, 0.1) is 4.90 Å². The first-order valence-electron chi connectivity index (χ1n) is 14.2. The minimum Gasteiger partial charge on any atom is -0.484 e. The fraction of sp³-hybridized carbons (Fsp3) is 0.182. The van der Waals surface area contributed by atoms with Crippen molar-refractivity contribution in [2.24, 2.45) is 5.14 Å². The zero-order chi connectivity index (χ0) is 30.7. The third kappa shape index (κ3) is 6.34. The monoisotopic (exact) mass is 608 g/mol. The van der Waals surface area contributed by atoms with E-state index >= 15 is 0 Å². The van der Waals surface area contributed by atoms with Gasteiger partial charge in [-0.1, -0.05) is 54.6 Å². The van der Waals surface area contributed by atoms with Crippen molar-refractivity contribution in [3.8, 4) is 17.0 Å². The first-order valence-corrected chi connectivity index (χ1v) is 15.8. The predicted octanol–water partition coefficient (Wildman–Crippen LogP) is 4.72. The number of rotatable bonds is 8. The summed E-state index contributed by atoms with van der Waals surface area (Å²) in [4.78, 5) is 17.0. The summed E-state index contributed by atoms with van der Waals surface area (Å²) in [5, 5.41) is 19.2. The number of hydrogen-bond acceptors (Lipinski definition) is 8. The Morgan fingerprint density at radius 1 is 0.864 bits per heavy atom. The maximum absolute atomic E-state index is 12.8. The summed E-state index contributed by atoms with van der Waals surface area (Å²) in [5.41, 5.74) is 3.64. The molecule has 4 aromatic carbocycles. The van der Waals surface area contributed by atoms with Crippen LogP contribution >= 0.6 is 0 Å². The summed E-state index contributed by atoms with van der Waals surface area (Å²) in [7, 11) is -3.89. The van der Waals surface area contributed by atoms with Crippen molar-refractivity contribution in [2.75, 3.05) is 43.0 Å². The molecular weight excluding hydrogens is 576 g/mol. The van der Waals surface area contributed by atoms with E-state index in [2.05, 4.69) is 32.5 Å². The highest BCUT2D eigenvalue weighted by molar-refractivity contribution is 7.89. The normalized spacial score (nSPS) is 13.6. The average Bonchev–Trinajstić information content (AvgIpc) is 3.05. The van der Waals surface area contributed by atoms with Gasteiger partial charge in [-0.25, -0.2) is 13.6 Å². The standard InChI is InChI=1S/C33H32N6O4S/c1-23-11-12-24(21-30(23)44(34,41)42)32-28-9-5-6-10-29(28)33(37-36-32)35-25-13-15-27(16-14-25)43-22-31(40)39-19-17-38(18-20-39)26-7-3-2-4-8-26/h2-16,21H,17-20,22H2,1H3,(H,35,37)(H2,34,41,42). The van der Waals surface area contributed by atoms with Crippen LogP contribution in [0.5, 0.6) is 5.75 Å². The zero-order valence-corrected chi connectivity index (χ0v) is 25.0. The fourth-order valence-corrected chi connectivity index (χ4v) is 6.13. The smallest absolute Gasteiger partial charge is 0.260 e. The van der Waals surface area contributed by atoms with Gasteiger partial charge in [-0.15, -0.1) is 10.2 Å². The Morgan fingerprint density at radius 2 is 1.55 bits per heavy atom. The average molecular weight is 609 g/mol. The van der Waals surface area contributed by atoms with Crippen LogP contribution in [-0.2, 0) is 14.8 Å². The maximum Gasteiger partial charge on any atom is 0.260 e. The van der Waals surface area contributed by atoms with Crippen molar-refractivity contribution in [1.82, 2.24) is 15.1 Å². The molecule has 1 aliphatic heterocycles. The van der Waals surface area contributed by atoms with Crippen LogP contribution in [0.4, 0.5) is 17.2 Å². The molecule has 0 spiro atoms. The number of para-hydroxylation sites is 1. The molecule has 10 nitrogen and oxygen atoms in total. The highest BCUT2D eigenvalue weighted by Gasteiger charge is 2.22. The van der Waals surface area contributed by atoms with E-state index in [0.29, 0.717) is 41.5 Å². The maximum atomic E-state index is 12.8. The molecule has 6 rings (SSSR count). The Kier molecular flexibility index (Phi) is 8.14. The van der Waals surface area contributed by atoms with Gasteiger partial charge in [0.25, 0.3) is 5.91 Å². The quantitative estimate of drug-likeness (QED) is 0.259. The summed E-state index contributed by atoms with van der Waals surface area (Å²) < 4.78 is 30.0. The Hall–Kier alpha value is -5.00. The number of aryl methyl sites for hydroxylation is 1. The highest BCUT2D eigenvalue weighted by Crippen LogP contribution is 2.33. The Morgan fingerprint density at radius 3 is 2.25 bits per heavy atom. The lowest BCUT2D eigenvalue weighted by molar-refractivity contribution is -0.133. The molecule has 44 heavy (non-hydrogen) atoms. The van der Waals surface area contributed by atoms with E-state index in [0.717, 1.165) is 29.5 Å². The molecule has 0 bridgehead atoms. The van der Waals surface area contributed by atoms with E-state index in [1.807, 2.05) is 65.6 Å². The van der Waals surface area contributed by atoms with Crippen LogP contribution in [-0.4, -0.2) is 62.2 Å². The lowest BCUT2D eigenvalue weighted by atomic mass is 10.0. The number of hydrogen-bond donors (Lipinski definition) is 2. The van der Waals surface area contributed by atoms with E-state index < -0.39 is 10.0 Å². The van der Waals surface area contributed by atoms with Crippen LogP contribution in [0.3, 0.4) is 0 Å². The van der Waals surface area contributed by atoms with E-state index in [4.69, 9.17) is 9.88 Å². The van der Waals surface area contributed by atoms with Crippen molar-refractivity contribution < 1.29 is 17.9 Å². The lowest BCUT2D eigenvalue weighted by Gasteiger charge is -2.36. The molecule has 1 amide bonds. The molecule has 0 unspecified atom stereocenters. The van der Waals surface area contributed by atoms with Gasteiger partial charge in [-0.05, 0) is 55.0 Å². The second kappa shape index (κ2) is 12.3. The summed E-state index contributed by atoms with van der Waals surface area (Å²) >= 11 is 0. The van der Waals surface area contributed by atoms with E-state index in [9.17, 15) is 13.2 Å². The van der Waals surface area contributed by atoms with Crippen molar-refractivity contribution in [3.05, 3.63) is 103 Å². The number of primary sulfonamides is 1. The van der Waals surface area contributed by atoms with E-state index in [-0.39, 0.29) is 17.4 Å². The molecule has 1 fully saturated rings. The first kappa shape index (κ1) is 29.1. The van der Waals surface area contributed by atoms with E-state index in [1.54, 1.807) is 25.1 Å². The van der Waals surface area contributed by atoms with Crippen LogP contribution in [0.25, 0.3) is 22.0 Å². The number of piperazine rings is 1. The zero-order valence-electron chi connectivity index (χ0n) is 24.2. The molecule has 0 atom stereocenters. The third-order valence-electron chi connectivity index (χ3n) is 7.69. The number of anilines is 3. The van der Waals surface area contributed by atoms with Crippen LogP contribution in [0.15, 0.2) is 102 Å². The second-order valence-electron chi connectivity index (χ2n) is 10.6. The van der Waals surface area contributed by atoms with Gasteiger partial charge in [0.15, 0.2) is 12.4 Å². The molecule has 0 aliphatic carbocycles. The largest absolute Gasteiger partial charge is 0.484 e. The Balaban J connectivity index is 1.11. The van der Waals surface area contributed by atoms with Crippen LogP contribution in [0.2, 0.25) is 0 Å². The minimum atomic E-state index is -3.89. The highest BCUT2D eigenvalue weighted by atomic mass is 32.2. The number of ether oxygens (including phenoxy) is 1. The number of aromatic nitrogens is 2. The molecule has 2 heterocycles. The van der Waals surface area contributed by atoms with Gasteiger partial charge in [0.2, 0.25) is 10.0 Å². The van der Waals surface area contributed by atoms with Crippen LogP contribution in [0.1, 0.15) is 5.56 Å². The van der Waals surface area contributed by atoms with Crippen molar-refractivity contribution in [1.29, 1.82) is 0 Å². The number of nitrogens with zero attached hydrogens (tertiary/aromatic N) is 4. The number of carbonyl (C=O) groups is 1. The van der Waals surface area contributed by atoms with Crippen LogP contribution < -0.4 is 20.1 Å². The molecule has 1 saturated heterocycles. The summed E-state index contributed by atoms with van der Waals surface area (Å²) in [6, 6.07) is 30.2. The molecule has 1 aliphatic rings. The first-order chi connectivity index (χ1) is 21.3. The molecule has 0 radical (unpaired) electrons. The summed E-state index contributed by atoms with van der Waals surface area (Å²) in [5.74, 6) is 1.09. The van der Waals surface area contributed by atoms with Gasteiger partial charge in [0, 0.05) is 53.9 Å². The topological polar surface area (TPSA) is 131 Å². The Bertz CT molecular complexity index is 1910. The van der Waals surface area contributed by atoms with Crippen molar-refractivity contribution >= 4 is 43.9 Å². The fourth-order valence-electron chi connectivity index (χ4n) is 5.32. The third-order valence-corrected chi connectivity index (χ3v) is 8.74. The number of nitrogens with two attached hydrogens (primary N) is 1. The van der Waals surface area contributed by atoms with Crippen molar-refractivity contribution in [3.63, 3.8) is 0 Å². The molecule has 1 aromatic heterocycles. The molecule has 224 valence electrons. The molecule has 11 heteroatoms. The van der Waals surface area contributed by atoms with E-state index in [1.165, 1.54) is 11.8 Å². The SMILES string of the molecule is Cc1ccc(-c2nnc(Nc3ccc(OCC(=O)N4CCN(c5ccccc5)CC4)cc3)c3ccccc23)cc1S(N)(=O)=O. The van der Waals surface area contributed by atoms with Crippen LogP contribution in [0, 0.1) is 6.92 Å². The van der Waals surface area contributed by atoms with Gasteiger partial charge >= 0.3 is 0 Å².